The Kier molecular flexibility index (Phi) is 7.26. The van der Waals surface area contributed by atoms with Gasteiger partial charge >= 0.3 is 6.61 Å². The van der Waals surface area contributed by atoms with Gasteiger partial charge in [0.15, 0.2) is 0 Å². The van der Waals surface area contributed by atoms with Gasteiger partial charge in [-0.2, -0.15) is 8.78 Å². The van der Waals surface area contributed by atoms with Crippen LogP contribution in [-0.4, -0.2) is 35.5 Å². The van der Waals surface area contributed by atoms with E-state index in [0.29, 0.717) is 31.7 Å². The molecule has 5 nitrogen and oxygen atoms in total. The highest BCUT2D eigenvalue weighted by Crippen LogP contribution is 2.40. The van der Waals surface area contributed by atoms with Gasteiger partial charge in [0, 0.05) is 18.8 Å². The topological polar surface area (TPSA) is 54.5 Å². The Hall–Kier alpha value is -3.58. The fourth-order valence-electron chi connectivity index (χ4n) is 4.71. The molecule has 1 unspecified atom stereocenters. The highest BCUT2D eigenvalue weighted by Gasteiger charge is 2.47. The van der Waals surface area contributed by atoms with Crippen molar-refractivity contribution in [2.75, 3.05) is 18.4 Å². The van der Waals surface area contributed by atoms with Crippen molar-refractivity contribution in [1.82, 2.24) is 9.88 Å². The van der Waals surface area contributed by atoms with Gasteiger partial charge < -0.3 is 10.1 Å². The number of rotatable bonds is 8. The Morgan fingerprint density at radius 2 is 1.86 bits per heavy atom. The van der Waals surface area contributed by atoms with Crippen molar-refractivity contribution in [3.05, 3.63) is 95.7 Å². The van der Waals surface area contributed by atoms with Gasteiger partial charge in [0.25, 0.3) is 0 Å². The normalized spacial score (nSPS) is 18.0. The van der Waals surface area contributed by atoms with E-state index in [4.69, 9.17) is 0 Å². The molecule has 0 spiro atoms. The molecule has 3 aromatic rings. The molecule has 182 valence electrons. The summed E-state index contributed by atoms with van der Waals surface area (Å²) >= 11 is 0. The van der Waals surface area contributed by atoms with Gasteiger partial charge in [-0.3, -0.25) is 9.69 Å². The molecule has 1 atom stereocenters. The molecule has 4 rings (SSSR count). The second-order valence-electron chi connectivity index (χ2n) is 8.99. The fourth-order valence-corrected chi connectivity index (χ4v) is 4.71. The van der Waals surface area contributed by atoms with Gasteiger partial charge in [-0.15, -0.1) is 0 Å². The minimum Gasteiger partial charge on any atom is -0.415 e. The molecule has 0 bridgehead atoms. The number of alkyl halides is 2. The van der Waals surface area contributed by atoms with Crippen LogP contribution >= 0.6 is 0 Å². The number of carbonyl (C=O) groups excluding carboxylic acids is 1. The van der Waals surface area contributed by atoms with Crippen molar-refractivity contribution < 1.29 is 18.3 Å². The van der Waals surface area contributed by atoms with Crippen molar-refractivity contribution >= 4 is 17.2 Å². The van der Waals surface area contributed by atoms with Crippen LogP contribution in [0.25, 0.3) is 5.57 Å². The smallest absolute Gasteiger partial charge is 0.388 e. The SMILES string of the molecule is C=C(C)c1ccccc1C1(C(=O)Nc2ccc(C)nc2OC(F)F)CCN(Cc2ccccc2)C1. The number of anilines is 1. The number of aromatic nitrogens is 1. The van der Waals surface area contributed by atoms with Gasteiger partial charge in [0.1, 0.15) is 5.69 Å². The highest BCUT2D eigenvalue weighted by atomic mass is 19.3. The van der Waals surface area contributed by atoms with Crippen LogP contribution in [0.5, 0.6) is 5.88 Å². The molecule has 2 heterocycles. The average Bonchev–Trinajstić information content (AvgIpc) is 3.26. The number of halogens is 2. The number of amides is 1. The minimum absolute atomic E-state index is 0.120. The largest absolute Gasteiger partial charge is 0.415 e. The lowest BCUT2D eigenvalue weighted by Crippen LogP contribution is -2.43. The Labute approximate surface area is 204 Å². The molecule has 7 heteroatoms. The number of likely N-dealkylation sites (tertiary alicyclic amines) is 1. The molecule has 1 aliphatic heterocycles. The van der Waals surface area contributed by atoms with Crippen LogP contribution in [0.2, 0.25) is 0 Å². The maximum absolute atomic E-state index is 14.0. The van der Waals surface area contributed by atoms with Gasteiger partial charge in [-0.1, -0.05) is 66.7 Å². The summed E-state index contributed by atoms with van der Waals surface area (Å²) in [7, 11) is 0. The lowest BCUT2D eigenvalue weighted by molar-refractivity contribution is -0.121. The molecule has 0 radical (unpaired) electrons. The first-order valence-electron chi connectivity index (χ1n) is 11.5. The Balaban J connectivity index is 1.71. The van der Waals surface area contributed by atoms with E-state index < -0.39 is 12.0 Å². The van der Waals surface area contributed by atoms with Crippen LogP contribution in [0.4, 0.5) is 14.5 Å². The third-order valence-electron chi connectivity index (χ3n) is 6.38. The number of hydrogen-bond acceptors (Lipinski definition) is 4. The monoisotopic (exact) mass is 477 g/mol. The number of pyridine rings is 1. The van der Waals surface area contributed by atoms with E-state index >= 15 is 0 Å². The maximum Gasteiger partial charge on any atom is 0.388 e. The average molecular weight is 478 g/mol. The van der Waals surface area contributed by atoms with Crippen LogP contribution in [0.1, 0.15) is 35.7 Å². The van der Waals surface area contributed by atoms with E-state index in [1.807, 2.05) is 49.4 Å². The predicted molar refractivity (Wildman–Crippen MR) is 133 cm³/mol. The molecule has 1 aliphatic rings. The molecular formula is C28H29F2N3O2. The van der Waals surface area contributed by atoms with Gasteiger partial charge in [-0.05, 0) is 55.6 Å². The summed E-state index contributed by atoms with van der Waals surface area (Å²) in [6, 6.07) is 21.1. The lowest BCUT2D eigenvalue weighted by Gasteiger charge is -2.31. The second kappa shape index (κ2) is 10.4. The van der Waals surface area contributed by atoms with E-state index in [-0.39, 0.29) is 17.5 Å². The summed E-state index contributed by atoms with van der Waals surface area (Å²) in [5, 5.41) is 2.86. The maximum atomic E-state index is 14.0. The van der Waals surface area contributed by atoms with E-state index in [1.54, 1.807) is 19.1 Å². The van der Waals surface area contributed by atoms with E-state index in [2.05, 4.69) is 38.6 Å². The van der Waals surface area contributed by atoms with E-state index in [0.717, 1.165) is 22.3 Å². The van der Waals surface area contributed by atoms with Crippen LogP contribution in [0.3, 0.4) is 0 Å². The molecule has 2 aromatic carbocycles. The molecule has 1 fully saturated rings. The summed E-state index contributed by atoms with van der Waals surface area (Å²) in [5.41, 5.74) is 3.52. The Bertz CT molecular complexity index is 1220. The Morgan fingerprint density at radius 1 is 1.14 bits per heavy atom. The van der Waals surface area contributed by atoms with Gasteiger partial charge in [0.2, 0.25) is 11.8 Å². The molecule has 1 aromatic heterocycles. The molecule has 35 heavy (non-hydrogen) atoms. The first kappa shape index (κ1) is 24.5. The summed E-state index contributed by atoms with van der Waals surface area (Å²) in [5.74, 6) is -0.581. The quantitative estimate of drug-likeness (QED) is 0.445. The number of hydrogen-bond donors (Lipinski definition) is 1. The zero-order chi connectivity index (χ0) is 25.0. The lowest BCUT2D eigenvalue weighted by atomic mass is 9.75. The number of nitrogens with zero attached hydrogens (tertiary/aromatic N) is 2. The molecule has 1 N–H and O–H groups in total. The summed E-state index contributed by atoms with van der Waals surface area (Å²) in [4.78, 5) is 20.3. The van der Waals surface area contributed by atoms with Gasteiger partial charge in [0.05, 0.1) is 5.41 Å². The second-order valence-corrected chi connectivity index (χ2v) is 8.99. The number of carbonyl (C=O) groups is 1. The van der Waals surface area contributed by atoms with E-state index in [1.165, 1.54) is 0 Å². The van der Waals surface area contributed by atoms with Crippen LogP contribution < -0.4 is 10.1 Å². The Morgan fingerprint density at radius 3 is 2.57 bits per heavy atom. The number of aryl methyl sites for hydroxylation is 1. The predicted octanol–water partition coefficient (Wildman–Crippen LogP) is 5.81. The summed E-state index contributed by atoms with van der Waals surface area (Å²) in [6.45, 7) is 6.54. The van der Waals surface area contributed by atoms with Crippen molar-refractivity contribution in [2.45, 2.75) is 38.8 Å². The number of benzene rings is 2. The van der Waals surface area contributed by atoms with E-state index in [9.17, 15) is 13.6 Å². The number of allylic oxidation sites excluding steroid dienone is 1. The molecule has 1 amide bonds. The number of ether oxygens (including phenoxy) is 1. The molecular weight excluding hydrogens is 448 g/mol. The van der Waals surface area contributed by atoms with Crippen LogP contribution in [0, 0.1) is 6.92 Å². The third kappa shape index (κ3) is 5.41. The molecule has 0 aliphatic carbocycles. The van der Waals surface area contributed by atoms with Crippen molar-refractivity contribution in [1.29, 1.82) is 0 Å². The standard InChI is InChI=1S/C28H29F2N3O2/c1-19(2)22-11-7-8-12-23(22)28(15-16-33(18-28)17-21-9-5-4-6-10-21)26(34)32-24-14-13-20(3)31-25(24)35-27(29)30/h4-14,27H,1,15-18H2,2-3H3,(H,32,34). The zero-order valence-corrected chi connectivity index (χ0v) is 19.9. The minimum atomic E-state index is -3.05. The fraction of sp³-hybridized carbons (Fsp3) is 0.286. The van der Waals surface area contributed by atoms with Crippen molar-refractivity contribution in [3.8, 4) is 5.88 Å². The third-order valence-corrected chi connectivity index (χ3v) is 6.38. The van der Waals surface area contributed by atoms with Gasteiger partial charge in [-0.25, -0.2) is 4.98 Å². The molecule has 1 saturated heterocycles. The molecule has 0 saturated carbocycles. The van der Waals surface area contributed by atoms with Crippen LogP contribution in [-0.2, 0) is 16.8 Å². The highest BCUT2D eigenvalue weighted by molar-refractivity contribution is 6.01. The van der Waals surface area contributed by atoms with Crippen LogP contribution in [0.15, 0.2) is 73.3 Å². The van der Waals surface area contributed by atoms with Crippen molar-refractivity contribution in [3.63, 3.8) is 0 Å². The summed E-state index contributed by atoms with van der Waals surface area (Å²) in [6.07, 6.45) is 0.570. The first-order chi connectivity index (χ1) is 16.8. The zero-order valence-electron chi connectivity index (χ0n) is 19.9. The first-order valence-corrected chi connectivity index (χ1v) is 11.5. The summed E-state index contributed by atoms with van der Waals surface area (Å²) < 4.78 is 30.6. The number of nitrogens with one attached hydrogen (secondary N) is 1. The van der Waals surface area contributed by atoms with Crippen molar-refractivity contribution in [2.24, 2.45) is 0 Å².